The number of rotatable bonds is 6. The molecule has 4 rings (SSSR count). The van der Waals surface area contributed by atoms with Crippen molar-refractivity contribution < 1.29 is 9.18 Å². The summed E-state index contributed by atoms with van der Waals surface area (Å²) >= 11 is 6.85. The number of halogens is 1. The highest BCUT2D eigenvalue weighted by atomic mass is 32.1. The van der Waals surface area contributed by atoms with Crippen molar-refractivity contribution in [2.45, 2.75) is 32.0 Å². The smallest absolute Gasteiger partial charge is 0.243 e. The first-order chi connectivity index (χ1) is 12.6. The molecule has 1 fully saturated rings. The van der Waals surface area contributed by atoms with Gasteiger partial charge < -0.3 is 4.90 Å². The van der Waals surface area contributed by atoms with Crippen LogP contribution in [0.2, 0.25) is 0 Å². The molecule has 1 aliphatic carbocycles. The number of nitrogens with one attached hydrogen (secondary N) is 1. The third-order valence-corrected chi connectivity index (χ3v) is 5.52. The largest absolute Gasteiger partial charge is 0.334 e. The topological polar surface area (TPSA) is 53.9 Å². The summed E-state index contributed by atoms with van der Waals surface area (Å²) in [4.78, 5) is 15.8. The molecule has 26 heavy (non-hydrogen) atoms. The second-order valence-electron chi connectivity index (χ2n) is 6.30. The third-order valence-electron chi connectivity index (χ3n) is 4.34. The number of aromatic nitrogens is 3. The summed E-state index contributed by atoms with van der Waals surface area (Å²) in [7, 11) is 0. The van der Waals surface area contributed by atoms with Gasteiger partial charge in [0.25, 0.3) is 0 Å². The minimum atomic E-state index is -0.289. The fourth-order valence-corrected chi connectivity index (χ4v) is 3.84. The van der Waals surface area contributed by atoms with Gasteiger partial charge in [-0.3, -0.25) is 14.5 Å². The Hall–Kier alpha value is -2.32. The van der Waals surface area contributed by atoms with Gasteiger partial charge in [-0.15, -0.1) is 11.3 Å². The van der Waals surface area contributed by atoms with Crippen LogP contribution in [0.3, 0.4) is 0 Å². The Morgan fingerprint density at radius 1 is 1.38 bits per heavy atom. The van der Waals surface area contributed by atoms with Crippen LogP contribution in [0.25, 0.3) is 10.7 Å². The molecule has 1 aliphatic rings. The Morgan fingerprint density at radius 2 is 2.23 bits per heavy atom. The van der Waals surface area contributed by atoms with Gasteiger partial charge >= 0.3 is 0 Å². The molecule has 5 nitrogen and oxygen atoms in total. The maximum absolute atomic E-state index is 13.5. The standard InChI is InChI=1S/C18H17FN4OS2/c19-13-4-1-3-12(9-13)10-22(14-6-7-14)16(24)11-23-17(20-21-18(23)25)15-5-2-8-26-15/h1-5,8-9,14H,6-7,10-11H2,(H,21,25). The van der Waals surface area contributed by atoms with Crippen LogP contribution < -0.4 is 0 Å². The molecular weight excluding hydrogens is 371 g/mol. The zero-order valence-corrected chi connectivity index (χ0v) is 15.5. The fourth-order valence-electron chi connectivity index (χ4n) is 2.92. The molecule has 3 aromatic rings. The van der Waals surface area contributed by atoms with E-state index >= 15 is 0 Å². The van der Waals surface area contributed by atoms with Crippen molar-refractivity contribution in [1.82, 2.24) is 19.7 Å². The zero-order valence-electron chi connectivity index (χ0n) is 13.9. The van der Waals surface area contributed by atoms with Crippen molar-refractivity contribution in [1.29, 1.82) is 0 Å². The van der Waals surface area contributed by atoms with E-state index in [0.29, 0.717) is 17.1 Å². The number of hydrogen-bond acceptors (Lipinski definition) is 4. The van der Waals surface area contributed by atoms with Crippen LogP contribution in [0, 0.1) is 10.6 Å². The van der Waals surface area contributed by atoms with Crippen LogP contribution in [0.5, 0.6) is 0 Å². The SMILES string of the molecule is O=C(Cn1c(-c2cccs2)n[nH]c1=S)N(Cc1cccc(F)c1)C1CC1. The number of hydrogen-bond donors (Lipinski definition) is 1. The molecule has 2 heterocycles. The normalized spacial score (nSPS) is 13.7. The highest BCUT2D eigenvalue weighted by Gasteiger charge is 2.33. The van der Waals surface area contributed by atoms with E-state index in [1.165, 1.54) is 12.1 Å². The van der Waals surface area contributed by atoms with E-state index in [2.05, 4.69) is 10.2 Å². The molecule has 0 unspecified atom stereocenters. The molecule has 1 amide bonds. The maximum Gasteiger partial charge on any atom is 0.243 e. The minimum absolute atomic E-state index is 0.0351. The highest BCUT2D eigenvalue weighted by Crippen LogP contribution is 2.29. The molecular formula is C18H17FN4OS2. The lowest BCUT2D eigenvalue weighted by Gasteiger charge is -2.23. The number of aromatic amines is 1. The predicted molar refractivity (Wildman–Crippen MR) is 101 cm³/mol. The van der Waals surface area contributed by atoms with Gasteiger partial charge in [0.2, 0.25) is 5.91 Å². The second kappa shape index (κ2) is 7.13. The predicted octanol–water partition coefficient (Wildman–Crippen LogP) is 4.00. The average Bonchev–Trinajstić information content (AvgIpc) is 3.19. The Balaban J connectivity index is 1.57. The first-order valence-corrected chi connectivity index (χ1v) is 9.63. The van der Waals surface area contributed by atoms with E-state index in [9.17, 15) is 9.18 Å². The molecule has 134 valence electrons. The van der Waals surface area contributed by atoms with Gasteiger partial charge in [-0.2, -0.15) is 5.10 Å². The number of carbonyl (C=O) groups excluding carboxylic acids is 1. The summed E-state index contributed by atoms with van der Waals surface area (Å²) in [6.07, 6.45) is 1.96. The van der Waals surface area contributed by atoms with E-state index in [1.54, 1.807) is 22.0 Å². The fraction of sp³-hybridized carbons (Fsp3) is 0.278. The lowest BCUT2D eigenvalue weighted by molar-refractivity contribution is -0.133. The molecule has 0 radical (unpaired) electrons. The quantitative estimate of drug-likeness (QED) is 0.650. The number of carbonyl (C=O) groups is 1. The first-order valence-electron chi connectivity index (χ1n) is 8.35. The van der Waals surface area contributed by atoms with Crippen LogP contribution >= 0.6 is 23.6 Å². The van der Waals surface area contributed by atoms with Crippen LogP contribution in [0.4, 0.5) is 4.39 Å². The van der Waals surface area contributed by atoms with Crippen molar-refractivity contribution in [2.75, 3.05) is 0 Å². The Morgan fingerprint density at radius 3 is 2.92 bits per heavy atom. The monoisotopic (exact) mass is 388 g/mol. The lowest BCUT2D eigenvalue weighted by atomic mass is 10.2. The van der Waals surface area contributed by atoms with Crippen LogP contribution in [-0.2, 0) is 17.9 Å². The van der Waals surface area contributed by atoms with Crippen molar-refractivity contribution in [3.8, 4) is 10.7 Å². The maximum atomic E-state index is 13.5. The highest BCUT2D eigenvalue weighted by molar-refractivity contribution is 7.71. The number of amides is 1. The van der Waals surface area contributed by atoms with E-state index in [0.717, 1.165) is 23.3 Å². The van der Waals surface area contributed by atoms with E-state index in [4.69, 9.17) is 12.2 Å². The molecule has 2 aromatic heterocycles. The number of nitrogens with zero attached hydrogens (tertiary/aromatic N) is 3. The van der Waals surface area contributed by atoms with Crippen molar-refractivity contribution >= 4 is 29.5 Å². The molecule has 1 N–H and O–H groups in total. The van der Waals surface area contributed by atoms with Gasteiger partial charge in [0.15, 0.2) is 10.6 Å². The van der Waals surface area contributed by atoms with E-state index in [-0.39, 0.29) is 24.3 Å². The van der Waals surface area contributed by atoms with Crippen molar-refractivity contribution in [3.63, 3.8) is 0 Å². The van der Waals surface area contributed by atoms with E-state index in [1.807, 2.05) is 28.5 Å². The zero-order chi connectivity index (χ0) is 18.1. The summed E-state index contributed by atoms with van der Waals surface area (Å²) < 4.78 is 15.6. The van der Waals surface area contributed by atoms with Gasteiger partial charge in [0.05, 0.1) is 4.88 Å². The summed E-state index contributed by atoms with van der Waals surface area (Å²) in [5.41, 5.74) is 0.791. The summed E-state index contributed by atoms with van der Waals surface area (Å²) in [6.45, 7) is 0.523. The molecule has 0 atom stereocenters. The number of thiophene rings is 1. The van der Waals surface area contributed by atoms with Gasteiger partial charge in [-0.25, -0.2) is 4.39 Å². The van der Waals surface area contributed by atoms with Crippen LogP contribution in [0.15, 0.2) is 41.8 Å². The van der Waals surface area contributed by atoms with Crippen molar-refractivity contribution in [3.05, 3.63) is 57.9 Å². The minimum Gasteiger partial charge on any atom is -0.334 e. The lowest BCUT2D eigenvalue weighted by Crippen LogP contribution is -2.35. The molecule has 8 heteroatoms. The molecule has 0 saturated heterocycles. The van der Waals surface area contributed by atoms with Gasteiger partial charge in [0, 0.05) is 12.6 Å². The Bertz CT molecular complexity index is 975. The van der Waals surface area contributed by atoms with Gasteiger partial charge in [0.1, 0.15) is 12.4 Å². The van der Waals surface area contributed by atoms with Gasteiger partial charge in [-0.05, 0) is 54.2 Å². The third kappa shape index (κ3) is 3.61. The Kier molecular flexibility index (Phi) is 4.69. The second-order valence-corrected chi connectivity index (χ2v) is 7.63. The van der Waals surface area contributed by atoms with Crippen molar-refractivity contribution in [2.24, 2.45) is 0 Å². The average molecular weight is 388 g/mol. The van der Waals surface area contributed by atoms with Gasteiger partial charge in [-0.1, -0.05) is 18.2 Å². The summed E-state index contributed by atoms with van der Waals surface area (Å²) in [5, 5.41) is 8.99. The molecule has 1 aromatic carbocycles. The molecule has 0 aliphatic heterocycles. The molecule has 0 bridgehead atoms. The summed E-state index contributed by atoms with van der Waals surface area (Å²) in [6, 6.07) is 10.5. The van der Waals surface area contributed by atoms with Crippen LogP contribution in [-0.4, -0.2) is 31.6 Å². The Labute approximate surface area is 159 Å². The van der Waals surface area contributed by atoms with E-state index < -0.39 is 0 Å². The molecule has 0 spiro atoms. The molecule has 1 saturated carbocycles. The first kappa shape index (κ1) is 17.1. The number of H-pyrrole nitrogens is 1. The number of benzene rings is 1. The summed E-state index contributed by atoms with van der Waals surface area (Å²) in [5.74, 6) is 0.342. The van der Waals surface area contributed by atoms with Crippen LogP contribution in [0.1, 0.15) is 18.4 Å².